The van der Waals surface area contributed by atoms with Gasteiger partial charge in [0.2, 0.25) is 11.8 Å². The lowest BCUT2D eigenvalue weighted by atomic mass is 10.2. The van der Waals surface area contributed by atoms with Crippen LogP contribution in [0, 0.1) is 12.9 Å². The summed E-state index contributed by atoms with van der Waals surface area (Å²) in [6.45, 7) is 1.99. The first-order valence-corrected chi connectivity index (χ1v) is 4.61. The summed E-state index contributed by atoms with van der Waals surface area (Å²) in [5.41, 5.74) is 1.15. The van der Waals surface area contributed by atoms with E-state index in [4.69, 9.17) is 4.74 Å². The molecule has 0 radical (unpaired) electrons. The molecule has 0 N–H and O–H groups in total. The molecule has 1 aromatic carbocycles. The molecule has 15 heavy (non-hydrogen) atoms. The Hall–Kier alpha value is -1.90. The van der Waals surface area contributed by atoms with E-state index >= 15 is 0 Å². The third-order valence-electron chi connectivity index (χ3n) is 1.93. The van der Waals surface area contributed by atoms with E-state index in [2.05, 4.69) is 4.98 Å². The highest BCUT2D eigenvalue weighted by atomic mass is 19.1. The standard InChI is InChI=1S/C12H10FNO/c1-9-5-7-10(8-6-9)15-12-4-2-3-11(13)14-12/h2-8H,1H3. The second-order valence-corrected chi connectivity index (χ2v) is 3.21. The molecule has 0 atom stereocenters. The molecule has 0 aliphatic heterocycles. The first kappa shape index (κ1) is 9.65. The van der Waals surface area contributed by atoms with Crippen LogP contribution < -0.4 is 4.74 Å². The maximum atomic E-state index is 12.7. The molecule has 0 bridgehead atoms. The van der Waals surface area contributed by atoms with Crippen LogP contribution in [0.15, 0.2) is 42.5 Å². The highest BCUT2D eigenvalue weighted by Gasteiger charge is 1.99. The molecule has 1 heterocycles. The summed E-state index contributed by atoms with van der Waals surface area (Å²) >= 11 is 0. The van der Waals surface area contributed by atoms with E-state index in [1.165, 1.54) is 6.07 Å². The molecule has 0 amide bonds. The van der Waals surface area contributed by atoms with Crippen LogP contribution >= 0.6 is 0 Å². The van der Waals surface area contributed by atoms with Gasteiger partial charge < -0.3 is 4.74 Å². The van der Waals surface area contributed by atoms with E-state index in [-0.39, 0.29) is 5.88 Å². The first-order valence-electron chi connectivity index (χ1n) is 4.61. The van der Waals surface area contributed by atoms with E-state index < -0.39 is 5.95 Å². The second-order valence-electron chi connectivity index (χ2n) is 3.21. The number of nitrogens with zero attached hydrogens (tertiary/aromatic N) is 1. The molecule has 1 aromatic heterocycles. The van der Waals surface area contributed by atoms with Gasteiger partial charge in [0.05, 0.1) is 0 Å². The average Bonchev–Trinajstić information content (AvgIpc) is 2.22. The fourth-order valence-electron chi connectivity index (χ4n) is 1.17. The Morgan fingerprint density at radius 2 is 1.80 bits per heavy atom. The number of aromatic nitrogens is 1. The van der Waals surface area contributed by atoms with Gasteiger partial charge in [-0.3, -0.25) is 0 Å². The van der Waals surface area contributed by atoms with Crippen molar-refractivity contribution in [1.29, 1.82) is 0 Å². The summed E-state index contributed by atoms with van der Waals surface area (Å²) in [7, 11) is 0. The van der Waals surface area contributed by atoms with Gasteiger partial charge in [0.15, 0.2) is 0 Å². The third-order valence-corrected chi connectivity index (χ3v) is 1.93. The summed E-state index contributed by atoms with van der Waals surface area (Å²) in [6.07, 6.45) is 0. The molecular formula is C12H10FNO. The first-order chi connectivity index (χ1) is 7.24. The van der Waals surface area contributed by atoms with E-state index in [1.54, 1.807) is 12.1 Å². The molecule has 0 saturated carbocycles. The molecule has 76 valence electrons. The summed E-state index contributed by atoms with van der Waals surface area (Å²) in [6, 6.07) is 11.9. The predicted molar refractivity (Wildman–Crippen MR) is 55.4 cm³/mol. The van der Waals surface area contributed by atoms with Crippen LogP contribution in [0.3, 0.4) is 0 Å². The van der Waals surface area contributed by atoms with Crippen molar-refractivity contribution in [2.24, 2.45) is 0 Å². The zero-order valence-corrected chi connectivity index (χ0v) is 8.27. The fraction of sp³-hybridized carbons (Fsp3) is 0.0833. The molecule has 3 heteroatoms. The molecule has 0 spiro atoms. The van der Waals surface area contributed by atoms with Gasteiger partial charge in [0.1, 0.15) is 5.75 Å². The quantitative estimate of drug-likeness (QED) is 0.698. The van der Waals surface area contributed by atoms with Crippen LogP contribution in [0.25, 0.3) is 0 Å². The van der Waals surface area contributed by atoms with Crippen molar-refractivity contribution in [3.63, 3.8) is 0 Å². The van der Waals surface area contributed by atoms with Gasteiger partial charge in [0, 0.05) is 6.07 Å². The average molecular weight is 203 g/mol. The molecule has 0 fully saturated rings. The van der Waals surface area contributed by atoms with Gasteiger partial charge in [-0.15, -0.1) is 0 Å². The summed E-state index contributed by atoms with van der Waals surface area (Å²) < 4.78 is 18.1. The number of aryl methyl sites for hydroxylation is 1. The minimum Gasteiger partial charge on any atom is -0.439 e. The van der Waals surface area contributed by atoms with E-state index in [1.807, 2.05) is 31.2 Å². The number of benzene rings is 1. The number of halogens is 1. The van der Waals surface area contributed by atoms with E-state index in [0.29, 0.717) is 5.75 Å². The Labute approximate surface area is 87.4 Å². The van der Waals surface area contributed by atoms with E-state index in [9.17, 15) is 4.39 Å². The van der Waals surface area contributed by atoms with Gasteiger partial charge >= 0.3 is 0 Å². The molecular weight excluding hydrogens is 193 g/mol. The monoisotopic (exact) mass is 203 g/mol. The number of pyridine rings is 1. The highest BCUT2D eigenvalue weighted by molar-refractivity contribution is 5.29. The largest absolute Gasteiger partial charge is 0.439 e. The van der Waals surface area contributed by atoms with Crippen molar-refractivity contribution in [1.82, 2.24) is 4.98 Å². The second kappa shape index (κ2) is 4.09. The van der Waals surface area contributed by atoms with Gasteiger partial charge in [-0.2, -0.15) is 9.37 Å². The van der Waals surface area contributed by atoms with Crippen LogP contribution in [0.1, 0.15) is 5.56 Å². The maximum Gasteiger partial charge on any atom is 0.221 e. The molecule has 0 aliphatic carbocycles. The lowest BCUT2D eigenvalue weighted by Crippen LogP contribution is -1.89. The zero-order chi connectivity index (χ0) is 10.7. The molecule has 0 aliphatic rings. The van der Waals surface area contributed by atoms with Crippen LogP contribution in [0.4, 0.5) is 4.39 Å². The Morgan fingerprint density at radius 3 is 2.47 bits per heavy atom. The Balaban J connectivity index is 2.18. The maximum absolute atomic E-state index is 12.7. The van der Waals surface area contributed by atoms with Gasteiger partial charge in [-0.25, -0.2) is 0 Å². The van der Waals surface area contributed by atoms with E-state index in [0.717, 1.165) is 5.56 Å². The van der Waals surface area contributed by atoms with Crippen LogP contribution in [-0.4, -0.2) is 4.98 Å². The van der Waals surface area contributed by atoms with Crippen molar-refractivity contribution in [2.75, 3.05) is 0 Å². The Bertz CT molecular complexity index is 453. The smallest absolute Gasteiger partial charge is 0.221 e. The zero-order valence-electron chi connectivity index (χ0n) is 8.27. The molecule has 0 saturated heterocycles. The third kappa shape index (κ3) is 2.53. The van der Waals surface area contributed by atoms with Crippen molar-refractivity contribution >= 4 is 0 Å². The van der Waals surface area contributed by atoms with Gasteiger partial charge in [-0.1, -0.05) is 23.8 Å². The van der Waals surface area contributed by atoms with Crippen molar-refractivity contribution < 1.29 is 9.13 Å². The number of rotatable bonds is 2. The lowest BCUT2D eigenvalue weighted by molar-refractivity contribution is 0.445. The van der Waals surface area contributed by atoms with Crippen LogP contribution in [0.5, 0.6) is 11.6 Å². The SMILES string of the molecule is Cc1ccc(Oc2cccc(F)n2)cc1. The number of ether oxygens (including phenoxy) is 1. The Kier molecular flexibility index (Phi) is 2.63. The van der Waals surface area contributed by atoms with Crippen molar-refractivity contribution in [3.05, 3.63) is 54.0 Å². The van der Waals surface area contributed by atoms with Crippen LogP contribution in [-0.2, 0) is 0 Å². The summed E-state index contributed by atoms with van der Waals surface area (Å²) in [5, 5.41) is 0. The van der Waals surface area contributed by atoms with Gasteiger partial charge in [0.25, 0.3) is 0 Å². The van der Waals surface area contributed by atoms with Gasteiger partial charge in [-0.05, 0) is 25.1 Å². The highest BCUT2D eigenvalue weighted by Crippen LogP contribution is 2.19. The minimum absolute atomic E-state index is 0.263. The molecule has 2 aromatic rings. The predicted octanol–water partition coefficient (Wildman–Crippen LogP) is 3.32. The Morgan fingerprint density at radius 1 is 1.07 bits per heavy atom. The van der Waals surface area contributed by atoms with Crippen molar-refractivity contribution in [3.8, 4) is 11.6 Å². The number of hydrogen-bond donors (Lipinski definition) is 0. The van der Waals surface area contributed by atoms with Crippen LogP contribution in [0.2, 0.25) is 0 Å². The minimum atomic E-state index is -0.542. The number of hydrogen-bond acceptors (Lipinski definition) is 2. The lowest BCUT2D eigenvalue weighted by Gasteiger charge is -2.04. The topological polar surface area (TPSA) is 22.1 Å². The molecule has 2 nitrogen and oxygen atoms in total. The fourth-order valence-corrected chi connectivity index (χ4v) is 1.17. The normalized spacial score (nSPS) is 10.0. The molecule has 2 rings (SSSR count). The van der Waals surface area contributed by atoms with Crippen molar-refractivity contribution in [2.45, 2.75) is 6.92 Å². The summed E-state index contributed by atoms with van der Waals surface area (Å²) in [4.78, 5) is 3.60. The molecule has 0 unspecified atom stereocenters. The summed E-state index contributed by atoms with van der Waals surface area (Å²) in [5.74, 6) is 0.372.